The van der Waals surface area contributed by atoms with E-state index in [1.807, 2.05) is 6.92 Å². The van der Waals surface area contributed by atoms with Gasteiger partial charge in [-0.25, -0.2) is 0 Å². The second-order valence-electron chi connectivity index (χ2n) is 9.52. The number of benzene rings is 2. The van der Waals surface area contributed by atoms with Gasteiger partial charge in [-0.05, 0) is 48.9 Å². The van der Waals surface area contributed by atoms with E-state index in [-0.39, 0.29) is 17.3 Å². The molecule has 2 heterocycles. The minimum absolute atomic E-state index is 0.0364. The highest BCUT2D eigenvalue weighted by molar-refractivity contribution is 8.00. The Morgan fingerprint density at radius 3 is 2.74 bits per heavy atom. The number of rotatable bonds is 8. The van der Waals surface area contributed by atoms with Crippen LogP contribution in [0.5, 0.6) is 0 Å². The van der Waals surface area contributed by atoms with Gasteiger partial charge >= 0.3 is 0 Å². The molecule has 1 N–H and O–H groups in total. The van der Waals surface area contributed by atoms with Gasteiger partial charge in [0.15, 0.2) is 5.16 Å². The Bertz CT molecular complexity index is 1110. The molecule has 1 saturated heterocycles. The zero-order chi connectivity index (χ0) is 23.3. The molecule has 2 aromatic carbocycles. The Hall–Kier alpha value is -2.38. The van der Waals surface area contributed by atoms with E-state index in [2.05, 4.69) is 62.5 Å². The lowest BCUT2D eigenvalue weighted by atomic mass is 9.95. The van der Waals surface area contributed by atoms with Crippen LogP contribution in [0, 0.1) is 0 Å². The van der Waals surface area contributed by atoms with Crippen LogP contribution in [-0.4, -0.2) is 45.2 Å². The van der Waals surface area contributed by atoms with Crippen LogP contribution in [0.25, 0.3) is 10.8 Å². The summed E-state index contributed by atoms with van der Waals surface area (Å²) in [5, 5.41) is 15.5. The van der Waals surface area contributed by atoms with Crippen LogP contribution in [0.4, 0.5) is 0 Å². The zero-order valence-electron chi connectivity index (χ0n) is 19.9. The topological polar surface area (TPSA) is 69.0 Å². The Balaban J connectivity index is 1.36. The molecule has 1 aliphatic carbocycles. The first-order valence-electron chi connectivity index (χ1n) is 12.7. The summed E-state index contributed by atoms with van der Waals surface area (Å²) < 4.78 is 7.98. The van der Waals surface area contributed by atoms with Crippen molar-refractivity contribution in [3.8, 4) is 0 Å². The van der Waals surface area contributed by atoms with E-state index in [0.717, 1.165) is 49.7 Å². The zero-order valence-corrected chi connectivity index (χ0v) is 20.7. The van der Waals surface area contributed by atoms with Gasteiger partial charge in [-0.1, -0.05) is 73.5 Å². The van der Waals surface area contributed by atoms with Gasteiger partial charge in [0, 0.05) is 25.6 Å². The summed E-state index contributed by atoms with van der Waals surface area (Å²) >= 11 is 1.53. The van der Waals surface area contributed by atoms with E-state index in [9.17, 15) is 4.79 Å². The number of aromatic nitrogens is 3. The number of nitrogens with zero attached hydrogens (tertiary/aromatic N) is 3. The number of fused-ring (bicyclic) bond motifs is 1. The largest absolute Gasteiger partial charge is 0.376 e. The second kappa shape index (κ2) is 10.9. The van der Waals surface area contributed by atoms with Gasteiger partial charge in [-0.15, -0.1) is 10.2 Å². The number of amides is 1. The van der Waals surface area contributed by atoms with Crippen molar-refractivity contribution < 1.29 is 9.53 Å². The van der Waals surface area contributed by atoms with Crippen molar-refractivity contribution in [1.82, 2.24) is 20.1 Å². The number of carbonyl (C=O) groups is 1. The van der Waals surface area contributed by atoms with E-state index in [1.165, 1.54) is 47.4 Å². The predicted octanol–water partition coefficient (Wildman–Crippen LogP) is 5.30. The van der Waals surface area contributed by atoms with Crippen LogP contribution in [0.3, 0.4) is 0 Å². The summed E-state index contributed by atoms with van der Waals surface area (Å²) in [6.07, 6.45) is 9.05. The molecule has 0 spiro atoms. The number of thioether (sulfide) groups is 1. The van der Waals surface area contributed by atoms with Gasteiger partial charge < -0.3 is 14.6 Å². The van der Waals surface area contributed by atoms with E-state index in [4.69, 9.17) is 4.74 Å². The average Bonchev–Trinajstić information content (AvgIpc) is 3.53. The van der Waals surface area contributed by atoms with E-state index < -0.39 is 0 Å². The summed E-state index contributed by atoms with van der Waals surface area (Å²) in [4.78, 5) is 12.8. The number of hydrogen-bond acceptors (Lipinski definition) is 5. The summed E-state index contributed by atoms with van der Waals surface area (Å²) in [6, 6.07) is 15.4. The molecule has 0 unspecified atom stereocenters. The lowest BCUT2D eigenvalue weighted by Crippen LogP contribution is -2.36. The van der Waals surface area contributed by atoms with E-state index in [0.29, 0.717) is 12.6 Å². The van der Waals surface area contributed by atoms with Crippen LogP contribution in [0.2, 0.25) is 0 Å². The van der Waals surface area contributed by atoms with Crippen LogP contribution >= 0.6 is 11.8 Å². The van der Waals surface area contributed by atoms with Gasteiger partial charge in [0.25, 0.3) is 0 Å². The number of hydrogen-bond donors (Lipinski definition) is 1. The van der Waals surface area contributed by atoms with Crippen molar-refractivity contribution in [3.63, 3.8) is 0 Å². The molecular weight excluding hydrogens is 444 g/mol. The molecule has 1 aliphatic heterocycles. The van der Waals surface area contributed by atoms with Crippen LogP contribution in [-0.2, 0) is 16.0 Å². The molecule has 0 radical (unpaired) electrons. The Labute approximate surface area is 205 Å². The summed E-state index contributed by atoms with van der Waals surface area (Å²) in [7, 11) is 0. The highest BCUT2D eigenvalue weighted by atomic mass is 32.2. The highest BCUT2D eigenvalue weighted by Gasteiger charge is 2.26. The molecule has 5 rings (SSSR count). The monoisotopic (exact) mass is 478 g/mol. The average molecular weight is 479 g/mol. The molecule has 3 aromatic rings. The van der Waals surface area contributed by atoms with Crippen molar-refractivity contribution in [2.24, 2.45) is 0 Å². The van der Waals surface area contributed by atoms with Gasteiger partial charge in [0.1, 0.15) is 5.82 Å². The third-order valence-corrected chi connectivity index (χ3v) is 8.14. The molecule has 1 aromatic heterocycles. The first kappa shape index (κ1) is 23.4. The smallest absolute Gasteiger partial charge is 0.233 e. The van der Waals surface area contributed by atoms with Crippen LogP contribution in [0.1, 0.15) is 69.3 Å². The molecule has 1 amide bonds. The van der Waals surface area contributed by atoms with E-state index >= 15 is 0 Å². The fourth-order valence-electron chi connectivity index (χ4n) is 5.21. The molecule has 7 heteroatoms. The van der Waals surface area contributed by atoms with Gasteiger partial charge in [-0.3, -0.25) is 4.79 Å². The normalized spacial score (nSPS) is 20.0. The standard InChI is InChI=1S/C27H34N4O2S/c1-19(26(32)28-18-23-14-8-16-33-23)34-27-30-29-25(31(27)22-12-3-2-4-13-22)17-21-11-7-10-20-9-5-6-15-24(20)21/h5-7,9-11,15,19,22-23H,2-4,8,12-14,16-18H2,1H3,(H,28,32)/t19-,23-/m0/s1. The third kappa shape index (κ3) is 5.31. The predicted molar refractivity (Wildman–Crippen MR) is 136 cm³/mol. The quantitative estimate of drug-likeness (QED) is 0.445. The molecule has 2 atom stereocenters. The minimum Gasteiger partial charge on any atom is -0.376 e. The molecule has 0 bridgehead atoms. The van der Waals surface area contributed by atoms with Crippen molar-refractivity contribution in [3.05, 3.63) is 53.9 Å². The SMILES string of the molecule is C[C@H](Sc1nnc(Cc2cccc3ccccc23)n1C1CCCCC1)C(=O)NC[C@@H]1CCCO1. The van der Waals surface area contributed by atoms with Gasteiger partial charge in [0.05, 0.1) is 11.4 Å². The first-order chi connectivity index (χ1) is 16.7. The Morgan fingerprint density at radius 1 is 1.09 bits per heavy atom. The minimum atomic E-state index is -0.238. The van der Waals surface area contributed by atoms with Crippen molar-refractivity contribution in [1.29, 1.82) is 0 Å². The lowest BCUT2D eigenvalue weighted by Gasteiger charge is -2.26. The first-order valence-corrected chi connectivity index (χ1v) is 13.5. The maximum atomic E-state index is 12.8. The number of nitrogens with one attached hydrogen (secondary N) is 1. The van der Waals surface area contributed by atoms with Crippen molar-refractivity contribution in [2.45, 2.75) is 80.8 Å². The molecule has 6 nitrogen and oxygen atoms in total. The van der Waals surface area contributed by atoms with Gasteiger partial charge in [-0.2, -0.15) is 0 Å². The maximum Gasteiger partial charge on any atom is 0.233 e. The second-order valence-corrected chi connectivity index (χ2v) is 10.8. The molecule has 180 valence electrons. The fraction of sp³-hybridized carbons (Fsp3) is 0.519. The molecule has 34 heavy (non-hydrogen) atoms. The lowest BCUT2D eigenvalue weighted by molar-refractivity contribution is -0.120. The summed E-state index contributed by atoms with van der Waals surface area (Å²) in [5.41, 5.74) is 1.27. The molecule has 1 saturated carbocycles. The molecule has 2 aliphatic rings. The van der Waals surface area contributed by atoms with Crippen LogP contribution in [0.15, 0.2) is 47.6 Å². The van der Waals surface area contributed by atoms with Crippen LogP contribution < -0.4 is 5.32 Å². The Kier molecular flexibility index (Phi) is 7.50. The summed E-state index contributed by atoms with van der Waals surface area (Å²) in [5.74, 6) is 1.03. The highest BCUT2D eigenvalue weighted by Crippen LogP contribution is 2.35. The van der Waals surface area contributed by atoms with Crippen molar-refractivity contribution in [2.75, 3.05) is 13.2 Å². The van der Waals surface area contributed by atoms with E-state index in [1.54, 1.807) is 0 Å². The maximum absolute atomic E-state index is 12.8. The van der Waals surface area contributed by atoms with Crippen molar-refractivity contribution >= 4 is 28.4 Å². The number of ether oxygens (including phenoxy) is 1. The summed E-state index contributed by atoms with van der Waals surface area (Å²) in [6.45, 7) is 3.35. The fourth-order valence-corrected chi connectivity index (χ4v) is 6.17. The number of carbonyl (C=O) groups excluding carboxylic acids is 1. The molecule has 2 fully saturated rings. The van der Waals surface area contributed by atoms with Gasteiger partial charge in [0.2, 0.25) is 5.91 Å². The third-order valence-electron chi connectivity index (χ3n) is 7.08. The molecular formula is C27H34N4O2S. The Morgan fingerprint density at radius 2 is 1.91 bits per heavy atom.